The standard InChI is InChI=1S/C17H19N3O/c1-3-21-15-7-4-13(5-8-15)11-18-14-6-9-16-17(10-14)20-12(2)19-16/h4-10,18H,3,11H2,1-2H3,(H,19,20). The first-order valence-electron chi connectivity index (χ1n) is 7.16. The number of H-pyrrole nitrogens is 1. The molecular formula is C17H19N3O. The fourth-order valence-electron chi connectivity index (χ4n) is 2.32. The van der Waals surface area contributed by atoms with Crippen molar-refractivity contribution in [2.75, 3.05) is 11.9 Å². The molecular weight excluding hydrogens is 262 g/mol. The van der Waals surface area contributed by atoms with Gasteiger partial charge in [-0.15, -0.1) is 0 Å². The van der Waals surface area contributed by atoms with E-state index in [-0.39, 0.29) is 0 Å². The van der Waals surface area contributed by atoms with Crippen LogP contribution < -0.4 is 10.1 Å². The van der Waals surface area contributed by atoms with E-state index in [1.54, 1.807) is 0 Å². The number of aromatic amines is 1. The Morgan fingerprint density at radius 2 is 1.95 bits per heavy atom. The van der Waals surface area contributed by atoms with Gasteiger partial charge in [0.25, 0.3) is 0 Å². The third-order valence-electron chi connectivity index (χ3n) is 3.33. The van der Waals surface area contributed by atoms with Gasteiger partial charge in [0, 0.05) is 12.2 Å². The van der Waals surface area contributed by atoms with Crippen LogP contribution in [-0.2, 0) is 6.54 Å². The molecule has 0 aliphatic carbocycles. The van der Waals surface area contributed by atoms with Crippen molar-refractivity contribution in [3.63, 3.8) is 0 Å². The summed E-state index contributed by atoms with van der Waals surface area (Å²) in [5.41, 5.74) is 4.36. The molecule has 2 N–H and O–H groups in total. The number of nitrogens with one attached hydrogen (secondary N) is 2. The summed E-state index contributed by atoms with van der Waals surface area (Å²) >= 11 is 0. The number of hydrogen-bond donors (Lipinski definition) is 2. The molecule has 4 nitrogen and oxygen atoms in total. The van der Waals surface area contributed by atoms with Crippen LogP contribution in [0, 0.1) is 6.92 Å². The lowest BCUT2D eigenvalue weighted by Crippen LogP contribution is -1.99. The smallest absolute Gasteiger partial charge is 0.119 e. The van der Waals surface area contributed by atoms with Crippen molar-refractivity contribution < 1.29 is 4.74 Å². The zero-order valence-electron chi connectivity index (χ0n) is 12.3. The van der Waals surface area contributed by atoms with E-state index in [0.717, 1.165) is 34.8 Å². The van der Waals surface area contributed by atoms with E-state index in [4.69, 9.17) is 4.74 Å². The van der Waals surface area contributed by atoms with E-state index in [2.05, 4.69) is 39.6 Å². The van der Waals surface area contributed by atoms with Gasteiger partial charge in [0.2, 0.25) is 0 Å². The largest absolute Gasteiger partial charge is 0.494 e. The molecule has 0 bridgehead atoms. The third-order valence-corrected chi connectivity index (χ3v) is 3.33. The molecule has 2 aromatic carbocycles. The zero-order valence-corrected chi connectivity index (χ0v) is 12.3. The van der Waals surface area contributed by atoms with Crippen molar-refractivity contribution >= 4 is 16.7 Å². The summed E-state index contributed by atoms with van der Waals surface area (Å²) in [7, 11) is 0. The van der Waals surface area contributed by atoms with Crippen molar-refractivity contribution in [1.29, 1.82) is 0 Å². The normalized spacial score (nSPS) is 10.8. The van der Waals surface area contributed by atoms with Crippen LogP contribution in [0.1, 0.15) is 18.3 Å². The molecule has 0 aliphatic heterocycles. The molecule has 0 amide bonds. The molecule has 0 unspecified atom stereocenters. The minimum Gasteiger partial charge on any atom is -0.494 e. The predicted octanol–water partition coefficient (Wildman–Crippen LogP) is 3.88. The molecule has 0 fully saturated rings. The number of aryl methyl sites for hydroxylation is 1. The first kappa shape index (κ1) is 13.5. The summed E-state index contributed by atoms with van der Waals surface area (Å²) in [4.78, 5) is 7.65. The average molecular weight is 281 g/mol. The number of benzene rings is 2. The van der Waals surface area contributed by atoms with Crippen LogP contribution in [-0.4, -0.2) is 16.6 Å². The summed E-state index contributed by atoms with van der Waals surface area (Å²) in [5.74, 6) is 1.85. The Balaban J connectivity index is 1.67. The summed E-state index contributed by atoms with van der Waals surface area (Å²) in [6, 6.07) is 14.3. The number of fused-ring (bicyclic) bond motifs is 1. The Labute approximate surface area is 124 Å². The summed E-state index contributed by atoms with van der Waals surface area (Å²) < 4.78 is 5.44. The topological polar surface area (TPSA) is 49.9 Å². The monoisotopic (exact) mass is 281 g/mol. The molecule has 21 heavy (non-hydrogen) atoms. The van der Waals surface area contributed by atoms with E-state index >= 15 is 0 Å². The lowest BCUT2D eigenvalue weighted by molar-refractivity contribution is 0.340. The van der Waals surface area contributed by atoms with Gasteiger partial charge >= 0.3 is 0 Å². The van der Waals surface area contributed by atoms with Crippen molar-refractivity contribution in [2.24, 2.45) is 0 Å². The lowest BCUT2D eigenvalue weighted by atomic mass is 10.2. The van der Waals surface area contributed by atoms with Crippen molar-refractivity contribution in [3.8, 4) is 5.75 Å². The first-order chi connectivity index (χ1) is 10.2. The van der Waals surface area contributed by atoms with Crippen LogP contribution in [0.4, 0.5) is 5.69 Å². The van der Waals surface area contributed by atoms with Gasteiger partial charge in [0.05, 0.1) is 17.6 Å². The van der Waals surface area contributed by atoms with Crippen LogP contribution in [0.3, 0.4) is 0 Å². The minimum atomic E-state index is 0.696. The molecule has 1 heterocycles. The van der Waals surface area contributed by atoms with E-state index < -0.39 is 0 Å². The Kier molecular flexibility index (Phi) is 3.77. The highest BCUT2D eigenvalue weighted by Crippen LogP contribution is 2.18. The maximum atomic E-state index is 5.44. The maximum Gasteiger partial charge on any atom is 0.119 e. The SMILES string of the molecule is CCOc1ccc(CNc2ccc3nc(C)[nH]c3c2)cc1. The quantitative estimate of drug-likeness (QED) is 0.746. The van der Waals surface area contributed by atoms with Crippen LogP contribution in [0.15, 0.2) is 42.5 Å². The predicted molar refractivity (Wildman–Crippen MR) is 85.8 cm³/mol. The fourth-order valence-corrected chi connectivity index (χ4v) is 2.32. The van der Waals surface area contributed by atoms with Crippen LogP contribution in [0.25, 0.3) is 11.0 Å². The third kappa shape index (κ3) is 3.16. The number of aromatic nitrogens is 2. The van der Waals surface area contributed by atoms with E-state index in [9.17, 15) is 0 Å². The van der Waals surface area contributed by atoms with Gasteiger partial charge in [0.1, 0.15) is 11.6 Å². The highest BCUT2D eigenvalue weighted by atomic mass is 16.5. The Hall–Kier alpha value is -2.49. The number of anilines is 1. The second kappa shape index (κ2) is 5.87. The van der Waals surface area contributed by atoms with Crippen LogP contribution >= 0.6 is 0 Å². The molecule has 3 rings (SSSR count). The molecule has 0 spiro atoms. The number of hydrogen-bond acceptors (Lipinski definition) is 3. The van der Waals surface area contributed by atoms with Crippen molar-refractivity contribution in [2.45, 2.75) is 20.4 Å². The highest BCUT2D eigenvalue weighted by Gasteiger charge is 2.01. The van der Waals surface area contributed by atoms with Gasteiger partial charge < -0.3 is 15.0 Å². The number of imidazole rings is 1. The molecule has 0 radical (unpaired) electrons. The second-order valence-electron chi connectivity index (χ2n) is 4.98. The second-order valence-corrected chi connectivity index (χ2v) is 4.98. The van der Waals surface area contributed by atoms with Crippen LogP contribution in [0.5, 0.6) is 5.75 Å². The maximum absolute atomic E-state index is 5.44. The molecule has 3 aromatic rings. The number of rotatable bonds is 5. The molecule has 0 saturated carbocycles. The molecule has 0 aliphatic rings. The Morgan fingerprint density at radius 3 is 2.71 bits per heavy atom. The molecule has 4 heteroatoms. The van der Waals surface area contributed by atoms with Crippen LogP contribution in [0.2, 0.25) is 0 Å². The molecule has 0 atom stereocenters. The Bertz CT molecular complexity index is 731. The molecule has 108 valence electrons. The van der Waals surface area contributed by atoms with E-state index in [1.807, 2.05) is 32.0 Å². The Morgan fingerprint density at radius 1 is 1.14 bits per heavy atom. The van der Waals surface area contributed by atoms with Crippen molar-refractivity contribution in [3.05, 3.63) is 53.9 Å². The van der Waals surface area contributed by atoms with E-state index in [1.165, 1.54) is 5.56 Å². The summed E-state index contributed by atoms with van der Waals surface area (Å²) in [6.07, 6.45) is 0. The zero-order chi connectivity index (χ0) is 14.7. The number of ether oxygens (including phenoxy) is 1. The lowest BCUT2D eigenvalue weighted by Gasteiger charge is -2.08. The van der Waals surface area contributed by atoms with Gasteiger partial charge in [-0.05, 0) is 49.7 Å². The van der Waals surface area contributed by atoms with Crippen molar-refractivity contribution in [1.82, 2.24) is 9.97 Å². The summed E-state index contributed by atoms with van der Waals surface area (Å²) in [5, 5.41) is 3.43. The average Bonchev–Trinajstić information content (AvgIpc) is 2.86. The summed E-state index contributed by atoms with van der Waals surface area (Å²) in [6.45, 7) is 5.43. The minimum absolute atomic E-state index is 0.696. The van der Waals surface area contributed by atoms with E-state index in [0.29, 0.717) is 6.61 Å². The van der Waals surface area contributed by atoms with Gasteiger partial charge in [-0.25, -0.2) is 4.98 Å². The molecule has 1 aromatic heterocycles. The van der Waals surface area contributed by atoms with Gasteiger partial charge in [-0.1, -0.05) is 12.1 Å². The van der Waals surface area contributed by atoms with Gasteiger partial charge in [0.15, 0.2) is 0 Å². The molecule has 0 saturated heterocycles. The number of nitrogens with zero attached hydrogens (tertiary/aromatic N) is 1. The highest BCUT2D eigenvalue weighted by molar-refractivity contribution is 5.79. The fraction of sp³-hybridized carbons (Fsp3) is 0.235. The van der Waals surface area contributed by atoms with Gasteiger partial charge in [-0.3, -0.25) is 0 Å². The van der Waals surface area contributed by atoms with Gasteiger partial charge in [-0.2, -0.15) is 0 Å². The first-order valence-corrected chi connectivity index (χ1v) is 7.16.